The molecule has 0 amide bonds. The zero-order valence-electron chi connectivity index (χ0n) is 11.6. The van der Waals surface area contributed by atoms with Gasteiger partial charge >= 0.3 is 0 Å². The predicted molar refractivity (Wildman–Crippen MR) is 77.5 cm³/mol. The number of aromatic nitrogens is 2. The number of nitrogens with one attached hydrogen (secondary N) is 1. The van der Waals surface area contributed by atoms with Gasteiger partial charge in [0.1, 0.15) is 5.75 Å². The molecule has 4 heteroatoms. The summed E-state index contributed by atoms with van der Waals surface area (Å²) in [6, 6.07) is 9.84. The Kier molecular flexibility index (Phi) is 4.34. The molecule has 1 aromatic heterocycles. The molecular weight excluding hydrogens is 238 g/mol. The summed E-state index contributed by atoms with van der Waals surface area (Å²) < 4.78 is 5.38. The van der Waals surface area contributed by atoms with E-state index in [0.29, 0.717) is 5.95 Å². The highest BCUT2D eigenvalue weighted by molar-refractivity contribution is 5.68. The summed E-state index contributed by atoms with van der Waals surface area (Å²) in [6.45, 7) is 4.95. The minimum atomic E-state index is 0.669. The van der Waals surface area contributed by atoms with Crippen LogP contribution in [0, 0.1) is 6.92 Å². The maximum atomic E-state index is 5.38. The molecule has 100 valence electrons. The minimum absolute atomic E-state index is 0.669. The van der Waals surface area contributed by atoms with Crippen LogP contribution in [0.4, 0.5) is 5.95 Å². The predicted octanol–water partition coefficient (Wildman–Crippen LogP) is 3.28. The molecule has 0 aliphatic carbocycles. The second-order valence-electron chi connectivity index (χ2n) is 4.35. The monoisotopic (exact) mass is 257 g/mol. The number of hydrogen-bond donors (Lipinski definition) is 1. The average Bonchev–Trinajstić information content (AvgIpc) is 2.44. The molecule has 0 aliphatic rings. The second kappa shape index (κ2) is 6.18. The van der Waals surface area contributed by atoms with Crippen LogP contribution < -0.4 is 10.1 Å². The Balaban J connectivity index is 2.41. The highest BCUT2D eigenvalue weighted by Crippen LogP contribution is 2.28. The maximum Gasteiger partial charge on any atom is 0.223 e. The topological polar surface area (TPSA) is 47.0 Å². The van der Waals surface area contributed by atoms with E-state index in [1.54, 1.807) is 7.11 Å². The second-order valence-corrected chi connectivity index (χ2v) is 4.35. The molecule has 0 saturated carbocycles. The van der Waals surface area contributed by atoms with Gasteiger partial charge in [0.05, 0.1) is 12.8 Å². The quantitative estimate of drug-likeness (QED) is 0.893. The zero-order valence-corrected chi connectivity index (χ0v) is 11.6. The van der Waals surface area contributed by atoms with Crippen molar-refractivity contribution in [3.63, 3.8) is 0 Å². The van der Waals surface area contributed by atoms with E-state index in [9.17, 15) is 0 Å². The molecule has 19 heavy (non-hydrogen) atoms. The van der Waals surface area contributed by atoms with Gasteiger partial charge in [-0.1, -0.05) is 19.1 Å². The Morgan fingerprint density at radius 1 is 1.21 bits per heavy atom. The van der Waals surface area contributed by atoms with Gasteiger partial charge < -0.3 is 10.1 Å². The first-order valence-electron chi connectivity index (χ1n) is 6.47. The van der Waals surface area contributed by atoms with Crippen LogP contribution in [-0.2, 0) is 0 Å². The smallest absolute Gasteiger partial charge is 0.223 e. The number of rotatable bonds is 5. The molecule has 0 unspecified atom stereocenters. The molecular formula is C15H19N3O. The van der Waals surface area contributed by atoms with Gasteiger partial charge in [0.15, 0.2) is 0 Å². The molecule has 0 aliphatic heterocycles. The number of hydrogen-bond acceptors (Lipinski definition) is 4. The Bertz CT molecular complexity index is 555. The van der Waals surface area contributed by atoms with Crippen LogP contribution >= 0.6 is 0 Å². The van der Waals surface area contributed by atoms with Crippen molar-refractivity contribution in [2.45, 2.75) is 20.3 Å². The minimum Gasteiger partial charge on any atom is -0.496 e. The third kappa shape index (κ3) is 3.22. The van der Waals surface area contributed by atoms with Gasteiger partial charge in [0.2, 0.25) is 5.95 Å². The van der Waals surface area contributed by atoms with Gasteiger partial charge in [-0.15, -0.1) is 0 Å². The molecule has 1 N–H and O–H groups in total. The molecule has 0 atom stereocenters. The Morgan fingerprint density at radius 3 is 2.74 bits per heavy atom. The fourth-order valence-corrected chi connectivity index (χ4v) is 1.88. The lowest BCUT2D eigenvalue weighted by Gasteiger charge is -2.10. The van der Waals surface area contributed by atoms with Crippen molar-refractivity contribution < 1.29 is 4.74 Å². The van der Waals surface area contributed by atoms with Gasteiger partial charge in [-0.05, 0) is 31.5 Å². The summed E-state index contributed by atoms with van der Waals surface area (Å²) in [5, 5.41) is 3.22. The van der Waals surface area contributed by atoms with Crippen molar-refractivity contribution in [3.05, 3.63) is 36.0 Å². The van der Waals surface area contributed by atoms with Gasteiger partial charge in [0, 0.05) is 17.8 Å². The summed E-state index contributed by atoms with van der Waals surface area (Å²) in [6.07, 6.45) is 1.04. The van der Waals surface area contributed by atoms with E-state index in [2.05, 4.69) is 22.2 Å². The lowest BCUT2D eigenvalue weighted by atomic mass is 10.1. The standard InChI is InChI=1S/C15H19N3O/c1-4-9-16-15-17-11(2)10-13(18-15)12-7-5-6-8-14(12)19-3/h5-8,10H,4,9H2,1-3H3,(H,16,17,18). The summed E-state index contributed by atoms with van der Waals surface area (Å²) in [4.78, 5) is 8.94. The summed E-state index contributed by atoms with van der Waals surface area (Å²) >= 11 is 0. The fourth-order valence-electron chi connectivity index (χ4n) is 1.88. The van der Waals surface area contributed by atoms with E-state index < -0.39 is 0 Å². The summed E-state index contributed by atoms with van der Waals surface area (Å²) in [7, 11) is 1.67. The van der Waals surface area contributed by atoms with Crippen LogP contribution in [0.15, 0.2) is 30.3 Å². The van der Waals surface area contributed by atoms with Gasteiger partial charge in [0.25, 0.3) is 0 Å². The molecule has 0 radical (unpaired) electrons. The first-order valence-corrected chi connectivity index (χ1v) is 6.47. The van der Waals surface area contributed by atoms with Crippen molar-refractivity contribution in [1.29, 1.82) is 0 Å². The molecule has 0 bridgehead atoms. The molecule has 2 rings (SSSR count). The van der Waals surface area contributed by atoms with E-state index in [0.717, 1.165) is 35.7 Å². The Hall–Kier alpha value is -2.10. The van der Waals surface area contributed by atoms with Gasteiger partial charge in [-0.25, -0.2) is 9.97 Å². The molecule has 4 nitrogen and oxygen atoms in total. The van der Waals surface area contributed by atoms with Crippen molar-refractivity contribution in [3.8, 4) is 17.0 Å². The van der Waals surface area contributed by atoms with Gasteiger partial charge in [-0.2, -0.15) is 0 Å². The van der Waals surface area contributed by atoms with Crippen LogP contribution in [0.2, 0.25) is 0 Å². The third-order valence-electron chi connectivity index (χ3n) is 2.77. The third-order valence-corrected chi connectivity index (χ3v) is 2.77. The number of ether oxygens (including phenoxy) is 1. The van der Waals surface area contributed by atoms with E-state index in [-0.39, 0.29) is 0 Å². The highest BCUT2D eigenvalue weighted by atomic mass is 16.5. The fraction of sp³-hybridized carbons (Fsp3) is 0.333. The molecule has 0 fully saturated rings. The largest absolute Gasteiger partial charge is 0.496 e. The summed E-state index contributed by atoms with van der Waals surface area (Å²) in [5.74, 6) is 1.49. The molecule has 0 saturated heterocycles. The number of methoxy groups -OCH3 is 1. The lowest BCUT2D eigenvalue weighted by Crippen LogP contribution is -2.06. The van der Waals surface area contributed by atoms with Gasteiger partial charge in [-0.3, -0.25) is 0 Å². The van der Waals surface area contributed by atoms with E-state index in [1.165, 1.54) is 0 Å². The van der Waals surface area contributed by atoms with Crippen molar-refractivity contribution in [2.75, 3.05) is 19.0 Å². The van der Waals surface area contributed by atoms with E-state index in [4.69, 9.17) is 4.74 Å². The van der Waals surface area contributed by atoms with Crippen LogP contribution in [0.5, 0.6) is 5.75 Å². The molecule has 2 aromatic rings. The lowest BCUT2D eigenvalue weighted by molar-refractivity contribution is 0.416. The number of benzene rings is 1. The van der Waals surface area contributed by atoms with Crippen molar-refractivity contribution in [2.24, 2.45) is 0 Å². The summed E-state index contributed by atoms with van der Waals surface area (Å²) in [5.41, 5.74) is 2.80. The van der Waals surface area contributed by atoms with Crippen LogP contribution in [0.1, 0.15) is 19.0 Å². The highest BCUT2D eigenvalue weighted by Gasteiger charge is 2.08. The number of anilines is 1. The SMILES string of the molecule is CCCNc1nc(C)cc(-c2ccccc2OC)n1. The van der Waals surface area contributed by atoms with Crippen LogP contribution in [-0.4, -0.2) is 23.6 Å². The maximum absolute atomic E-state index is 5.38. The number of nitrogens with zero attached hydrogens (tertiary/aromatic N) is 2. The average molecular weight is 257 g/mol. The number of para-hydroxylation sites is 1. The first kappa shape index (κ1) is 13.3. The van der Waals surface area contributed by atoms with Crippen molar-refractivity contribution >= 4 is 5.95 Å². The normalized spacial score (nSPS) is 10.3. The molecule has 0 spiro atoms. The Morgan fingerprint density at radius 2 is 2.00 bits per heavy atom. The van der Waals surface area contributed by atoms with Crippen molar-refractivity contribution in [1.82, 2.24) is 9.97 Å². The van der Waals surface area contributed by atoms with E-state index >= 15 is 0 Å². The van der Waals surface area contributed by atoms with Crippen LogP contribution in [0.25, 0.3) is 11.3 Å². The van der Waals surface area contributed by atoms with Crippen LogP contribution in [0.3, 0.4) is 0 Å². The molecule has 1 heterocycles. The molecule has 1 aromatic carbocycles. The Labute approximate surface area is 113 Å². The van der Waals surface area contributed by atoms with E-state index in [1.807, 2.05) is 37.3 Å². The number of aryl methyl sites for hydroxylation is 1. The zero-order chi connectivity index (χ0) is 13.7. The first-order chi connectivity index (χ1) is 9.24.